The summed E-state index contributed by atoms with van der Waals surface area (Å²) < 4.78 is 0. The fraction of sp³-hybridized carbons (Fsp3) is 0.500. The molecule has 1 amide bonds. The van der Waals surface area contributed by atoms with Gasteiger partial charge in [-0.2, -0.15) is 0 Å². The molecule has 4 N–H and O–H groups in total. The Labute approximate surface area is 117 Å². The molecular formula is C14H19ClN2O2. The number of halogens is 1. The van der Waals surface area contributed by atoms with Crippen LogP contribution in [0.1, 0.15) is 30.7 Å². The van der Waals surface area contributed by atoms with Gasteiger partial charge in [0.05, 0.1) is 0 Å². The average molecular weight is 283 g/mol. The molecular weight excluding hydrogens is 264 g/mol. The summed E-state index contributed by atoms with van der Waals surface area (Å²) in [4.78, 5) is 10.6. The molecule has 3 atom stereocenters. The fourth-order valence-corrected chi connectivity index (χ4v) is 3.00. The molecule has 1 fully saturated rings. The van der Waals surface area contributed by atoms with Gasteiger partial charge in [0.15, 0.2) is 0 Å². The lowest BCUT2D eigenvalue weighted by atomic mass is 9.75. The first-order valence-electron chi connectivity index (χ1n) is 6.54. The largest absolute Gasteiger partial charge is 0.465 e. The summed E-state index contributed by atoms with van der Waals surface area (Å²) >= 11 is 6.02. The molecule has 2 rings (SSSR count). The SMILES string of the molecule is NC1CCC(c2cccc(Cl)c2)CC1CNC(=O)O. The van der Waals surface area contributed by atoms with Crippen LogP contribution in [0.2, 0.25) is 5.02 Å². The number of hydrogen-bond donors (Lipinski definition) is 3. The molecule has 1 aromatic carbocycles. The smallest absolute Gasteiger partial charge is 0.404 e. The van der Waals surface area contributed by atoms with Gasteiger partial charge in [-0.15, -0.1) is 0 Å². The van der Waals surface area contributed by atoms with Crippen LogP contribution in [0.5, 0.6) is 0 Å². The zero-order valence-corrected chi connectivity index (χ0v) is 11.4. The molecule has 1 aliphatic rings. The molecule has 0 aliphatic heterocycles. The molecule has 0 heterocycles. The normalized spacial score (nSPS) is 26.9. The van der Waals surface area contributed by atoms with Crippen molar-refractivity contribution in [3.05, 3.63) is 34.9 Å². The lowest BCUT2D eigenvalue weighted by molar-refractivity contribution is 0.187. The van der Waals surface area contributed by atoms with Crippen LogP contribution >= 0.6 is 11.6 Å². The summed E-state index contributed by atoms with van der Waals surface area (Å²) in [6.07, 6.45) is 1.87. The maximum absolute atomic E-state index is 10.6. The molecule has 19 heavy (non-hydrogen) atoms. The molecule has 0 aromatic heterocycles. The van der Waals surface area contributed by atoms with Gasteiger partial charge in [0.1, 0.15) is 0 Å². The Hall–Kier alpha value is -1.26. The van der Waals surface area contributed by atoms with Crippen molar-refractivity contribution in [2.75, 3.05) is 6.54 Å². The molecule has 5 heteroatoms. The Balaban J connectivity index is 2.02. The van der Waals surface area contributed by atoms with Crippen LogP contribution < -0.4 is 11.1 Å². The van der Waals surface area contributed by atoms with Crippen LogP contribution in [0.15, 0.2) is 24.3 Å². The standard InChI is InChI=1S/C14H19ClN2O2/c15-12-3-1-2-9(7-12)10-4-5-13(16)11(6-10)8-17-14(18)19/h1-3,7,10-11,13,17H,4-6,8,16H2,(H,18,19). The summed E-state index contributed by atoms with van der Waals surface area (Å²) in [7, 11) is 0. The molecule has 0 saturated heterocycles. The van der Waals surface area contributed by atoms with E-state index in [1.807, 2.05) is 18.2 Å². The van der Waals surface area contributed by atoms with Gasteiger partial charge in [0, 0.05) is 17.6 Å². The van der Waals surface area contributed by atoms with Crippen molar-refractivity contribution in [2.24, 2.45) is 11.7 Å². The van der Waals surface area contributed by atoms with Crippen molar-refractivity contribution in [1.82, 2.24) is 5.32 Å². The average Bonchev–Trinajstić information content (AvgIpc) is 2.37. The van der Waals surface area contributed by atoms with Crippen molar-refractivity contribution in [3.63, 3.8) is 0 Å². The van der Waals surface area contributed by atoms with Crippen LogP contribution in [-0.4, -0.2) is 23.8 Å². The zero-order chi connectivity index (χ0) is 13.8. The van der Waals surface area contributed by atoms with Gasteiger partial charge in [-0.25, -0.2) is 4.79 Å². The van der Waals surface area contributed by atoms with Crippen LogP contribution in [0, 0.1) is 5.92 Å². The van der Waals surface area contributed by atoms with E-state index < -0.39 is 6.09 Å². The number of amides is 1. The third-order valence-electron chi connectivity index (χ3n) is 3.88. The van der Waals surface area contributed by atoms with Gasteiger partial charge in [-0.1, -0.05) is 23.7 Å². The highest BCUT2D eigenvalue weighted by molar-refractivity contribution is 6.30. The molecule has 4 nitrogen and oxygen atoms in total. The Morgan fingerprint density at radius 1 is 1.47 bits per heavy atom. The molecule has 0 radical (unpaired) electrons. The Bertz CT molecular complexity index is 453. The van der Waals surface area contributed by atoms with Crippen LogP contribution in [-0.2, 0) is 0 Å². The van der Waals surface area contributed by atoms with Crippen molar-refractivity contribution in [1.29, 1.82) is 0 Å². The minimum absolute atomic E-state index is 0.0716. The van der Waals surface area contributed by atoms with Gasteiger partial charge < -0.3 is 16.2 Å². The number of carbonyl (C=O) groups is 1. The highest BCUT2D eigenvalue weighted by Gasteiger charge is 2.29. The number of benzene rings is 1. The minimum atomic E-state index is -0.989. The third kappa shape index (κ3) is 3.85. The van der Waals surface area contributed by atoms with Crippen molar-refractivity contribution >= 4 is 17.7 Å². The van der Waals surface area contributed by atoms with Gasteiger partial charge in [0.2, 0.25) is 0 Å². The maximum Gasteiger partial charge on any atom is 0.404 e. The molecule has 104 valence electrons. The first-order valence-corrected chi connectivity index (χ1v) is 6.92. The zero-order valence-electron chi connectivity index (χ0n) is 10.7. The number of hydrogen-bond acceptors (Lipinski definition) is 2. The van der Waals surface area contributed by atoms with Crippen molar-refractivity contribution in [2.45, 2.75) is 31.2 Å². The van der Waals surface area contributed by atoms with Crippen molar-refractivity contribution in [3.8, 4) is 0 Å². The second-order valence-corrected chi connectivity index (χ2v) is 5.61. The Morgan fingerprint density at radius 2 is 2.26 bits per heavy atom. The lowest BCUT2D eigenvalue weighted by Gasteiger charge is -2.34. The summed E-state index contributed by atoms with van der Waals surface area (Å²) in [5, 5.41) is 11.9. The highest BCUT2D eigenvalue weighted by atomic mass is 35.5. The Morgan fingerprint density at radius 3 is 2.95 bits per heavy atom. The highest BCUT2D eigenvalue weighted by Crippen LogP contribution is 2.36. The van der Waals surface area contributed by atoms with Crippen molar-refractivity contribution < 1.29 is 9.90 Å². The van der Waals surface area contributed by atoms with Gasteiger partial charge >= 0.3 is 6.09 Å². The van der Waals surface area contributed by atoms with Crippen LogP contribution in [0.25, 0.3) is 0 Å². The molecule has 1 aliphatic carbocycles. The van der Waals surface area contributed by atoms with Crippen LogP contribution in [0.4, 0.5) is 4.79 Å². The predicted octanol–water partition coefficient (Wildman–Crippen LogP) is 2.82. The maximum atomic E-state index is 10.6. The second kappa shape index (κ2) is 6.26. The van der Waals surface area contributed by atoms with E-state index >= 15 is 0 Å². The number of carboxylic acid groups (broad SMARTS) is 1. The van der Waals surface area contributed by atoms with Crippen LogP contribution in [0.3, 0.4) is 0 Å². The third-order valence-corrected chi connectivity index (χ3v) is 4.11. The number of rotatable bonds is 3. The number of nitrogens with one attached hydrogen (secondary N) is 1. The minimum Gasteiger partial charge on any atom is -0.465 e. The molecule has 0 bridgehead atoms. The fourth-order valence-electron chi connectivity index (χ4n) is 2.80. The predicted molar refractivity (Wildman–Crippen MR) is 75.5 cm³/mol. The van der Waals surface area contributed by atoms with Gasteiger partial charge in [0.25, 0.3) is 0 Å². The van der Waals surface area contributed by atoms with E-state index in [-0.39, 0.29) is 12.0 Å². The lowest BCUT2D eigenvalue weighted by Crippen LogP contribution is -2.42. The first-order chi connectivity index (χ1) is 9.06. The first kappa shape index (κ1) is 14.2. The number of nitrogens with two attached hydrogens (primary N) is 1. The monoisotopic (exact) mass is 282 g/mol. The van der Waals surface area contributed by atoms with E-state index in [1.54, 1.807) is 0 Å². The van der Waals surface area contributed by atoms with E-state index in [4.69, 9.17) is 22.4 Å². The van der Waals surface area contributed by atoms with E-state index in [2.05, 4.69) is 11.4 Å². The molecule has 0 spiro atoms. The van der Waals surface area contributed by atoms with E-state index in [1.165, 1.54) is 5.56 Å². The summed E-state index contributed by atoms with van der Waals surface area (Å²) in [6.45, 7) is 0.424. The van der Waals surface area contributed by atoms with E-state index in [0.717, 1.165) is 24.3 Å². The topological polar surface area (TPSA) is 75.3 Å². The second-order valence-electron chi connectivity index (χ2n) is 5.17. The molecule has 1 saturated carbocycles. The van der Waals surface area contributed by atoms with Gasteiger partial charge in [-0.05, 0) is 48.8 Å². The molecule has 1 aromatic rings. The Kier molecular flexibility index (Phi) is 4.66. The van der Waals surface area contributed by atoms with Gasteiger partial charge in [-0.3, -0.25) is 0 Å². The molecule has 3 unspecified atom stereocenters. The van der Waals surface area contributed by atoms with E-state index in [9.17, 15) is 4.79 Å². The summed E-state index contributed by atoms with van der Waals surface area (Å²) in [5.41, 5.74) is 7.30. The summed E-state index contributed by atoms with van der Waals surface area (Å²) in [6, 6.07) is 7.96. The summed E-state index contributed by atoms with van der Waals surface area (Å²) in [5.74, 6) is 0.605. The quantitative estimate of drug-likeness (QED) is 0.798. The van der Waals surface area contributed by atoms with E-state index in [0.29, 0.717) is 12.5 Å².